The predicted octanol–water partition coefficient (Wildman–Crippen LogP) is 3.26. The summed E-state index contributed by atoms with van der Waals surface area (Å²) in [6.45, 7) is 3.38. The molecule has 1 aromatic carbocycles. The Balaban J connectivity index is 2.78. The van der Waals surface area contributed by atoms with Gasteiger partial charge in [0.15, 0.2) is 0 Å². The first kappa shape index (κ1) is 16.8. The molecule has 2 atom stereocenters. The zero-order chi connectivity index (χ0) is 15.3. The number of halogens is 3. The number of nitrogens with two attached hydrogens (primary N) is 1. The van der Waals surface area contributed by atoms with Crippen molar-refractivity contribution in [3.63, 3.8) is 0 Å². The number of carbonyl (C=O) groups is 1. The molecule has 0 fully saturated rings. The second kappa shape index (κ2) is 6.99. The van der Waals surface area contributed by atoms with Crippen LogP contribution in [0, 0.1) is 5.92 Å². The van der Waals surface area contributed by atoms with Crippen LogP contribution in [0.2, 0.25) is 0 Å². The molecule has 0 saturated carbocycles. The highest BCUT2D eigenvalue weighted by Gasteiger charge is 2.28. The Morgan fingerprint density at radius 3 is 2.50 bits per heavy atom. The van der Waals surface area contributed by atoms with Gasteiger partial charge in [-0.25, -0.2) is 0 Å². The van der Waals surface area contributed by atoms with Gasteiger partial charge in [0.1, 0.15) is 0 Å². The van der Waals surface area contributed by atoms with E-state index in [1.807, 2.05) is 0 Å². The lowest BCUT2D eigenvalue weighted by atomic mass is 10.0. The van der Waals surface area contributed by atoms with Gasteiger partial charge in [-0.15, -0.1) is 11.8 Å². The lowest BCUT2D eigenvalue weighted by Gasteiger charge is -2.17. The van der Waals surface area contributed by atoms with Crippen molar-refractivity contribution in [1.29, 1.82) is 0 Å². The molecule has 1 amide bonds. The number of benzene rings is 1. The number of hydrogen-bond acceptors (Lipinski definition) is 3. The van der Waals surface area contributed by atoms with Crippen molar-refractivity contribution in [2.45, 2.75) is 31.0 Å². The molecule has 2 unspecified atom stereocenters. The topological polar surface area (TPSA) is 55.1 Å². The molecule has 0 bridgehead atoms. The molecular formula is C13H17F3N2OS. The second-order valence-corrected chi connectivity index (χ2v) is 5.55. The molecule has 3 nitrogen and oxygen atoms in total. The summed E-state index contributed by atoms with van der Waals surface area (Å²) in [6.07, 6.45) is -4.25. The highest BCUT2D eigenvalue weighted by molar-refractivity contribution is 7.99. The van der Waals surface area contributed by atoms with Gasteiger partial charge in [-0.3, -0.25) is 4.79 Å². The van der Waals surface area contributed by atoms with Gasteiger partial charge in [0, 0.05) is 10.9 Å². The van der Waals surface area contributed by atoms with Crippen LogP contribution in [-0.2, 0) is 4.79 Å². The largest absolute Gasteiger partial charge is 0.398 e. The molecule has 20 heavy (non-hydrogen) atoms. The number of thioether (sulfide) groups is 1. The lowest BCUT2D eigenvalue weighted by molar-refractivity contribution is -0.119. The fourth-order valence-corrected chi connectivity index (χ4v) is 2.11. The molecule has 0 aliphatic heterocycles. The maximum absolute atomic E-state index is 12.2. The van der Waals surface area contributed by atoms with Crippen molar-refractivity contribution in [3.05, 3.63) is 24.3 Å². The van der Waals surface area contributed by atoms with E-state index in [9.17, 15) is 18.0 Å². The third kappa shape index (κ3) is 5.42. The van der Waals surface area contributed by atoms with E-state index < -0.39 is 17.8 Å². The molecular weight excluding hydrogens is 289 g/mol. The number of amides is 1. The Morgan fingerprint density at radius 1 is 1.35 bits per heavy atom. The van der Waals surface area contributed by atoms with E-state index in [-0.39, 0.29) is 11.9 Å². The monoisotopic (exact) mass is 306 g/mol. The Labute approximate surface area is 120 Å². The Morgan fingerprint density at radius 2 is 1.95 bits per heavy atom. The number of para-hydroxylation sites is 1. The van der Waals surface area contributed by atoms with Crippen LogP contribution in [0.3, 0.4) is 0 Å². The van der Waals surface area contributed by atoms with Crippen LogP contribution in [0.4, 0.5) is 18.9 Å². The van der Waals surface area contributed by atoms with E-state index >= 15 is 0 Å². The summed E-state index contributed by atoms with van der Waals surface area (Å²) < 4.78 is 36.7. The van der Waals surface area contributed by atoms with Gasteiger partial charge in [0.2, 0.25) is 5.91 Å². The summed E-state index contributed by atoms with van der Waals surface area (Å²) >= 11 is 0.645. The lowest BCUT2D eigenvalue weighted by Crippen LogP contribution is -2.34. The van der Waals surface area contributed by atoms with Crippen LogP contribution in [0.25, 0.3) is 0 Å². The fraction of sp³-hybridized carbons (Fsp3) is 0.462. The van der Waals surface area contributed by atoms with Gasteiger partial charge < -0.3 is 11.1 Å². The SMILES string of the molecule is CC(N)C(C)C(=O)Nc1ccccc1SCC(F)(F)F. The Bertz CT molecular complexity index is 463. The average molecular weight is 306 g/mol. The third-order valence-corrected chi connectivity index (χ3v) is 3.88. The number of hydrogen-bond donors (Lipinski definition) is 2. The average Bonchev–Trinajstić information content (AvgIpc) is 2.35. The van der Waals surface area contributed by atoms with Crippen molar-refractivity contribution < 1.29 is 18.0 Å². The number of carbonyl (C=O) groups excluding carboxylic acids is 1. The highest BCUT2D eigenvalue weighted by atomic mass is 32.2. The van der Waals surface area contributed by atoms with Gasteiger partial charge in [0.25, 0.3) is 0 Å². The van der Waals surface area contributed by atoms with Gasteiger partial charge in [-0.1, -0.05) is 19.1 Å². The minimum absolute atomic E-state index is 0.306. The summed E-state index contributed by atoms with van der Waals surface area (Å²) in [6, 6.07) is 6.07. The quantitative estimate of drug-likeness (QED) is 0.821. The van der Waals surface area contributed by atoms with Crippen molar-refractivity contribution in [3.8, 4) is 0 Å². The van der Waals surface area contributed by atoms with Gasteiger partial charge in [0.05, 0.1) is 17.4 Å². The Hall–Kier alpha value is -1.21. The molecule has 0 aliphatic carbocycles. The molecule has 0 aromatic heterocycles. The molecule has 1 aromatic rings. The number of nitrogens with one attached hydrogen (secondary N) is 1. The molecule has 0 radical (unpaired) electrons. The molecule has 3 N–H and O–H groups in total. The van der Waals surface area contributed by atoms with E-state index in [2.05, 4.69) is 5.32 Å². The first-order valence-electron chi connectivity index (χ1n) is 6.05. The smallest absolute Gasteiger partial charge is 0.327 e. The van der Waals surface area contributed by atoms with Gasteiger partial charge in [-0.05, 0) is 19.1 Å². The van der Waals surface area contributed by atoms with Gasteiger partial charge in [-0.2, -0.15) is 13.2 Å². The predicted molar refractivity (Wildman–Crippen MR) is 74.7 cm³/mol. The van der Waals surface area contributed by atoms with Crippen molar-refractivity contribution in [2.75, 3.05) is 11.1 Å². The molecule has 0 heterocycles. The highest BCUT2D eigenvalue weighted by Crippen LogP contribution is 2.32. The summed E-state index contributed by atoms with van der Waals surface area (Å²) in [5, 5.41) is 2.62. The van der Waals surface area contributed by atoms with E-state index in [4.69, 9.17) is 5.73 Å². The summed E-state index contributed by atoms with van der Waals surface area (Å²) in [7, 11) is 0. The molecule has 112 valence electrons. The van der Waals surface area contributed by atoms with Crippen LogP contribution in [-0.4, -0.2) is 23.9 Å². The number of anilines is 1. The maximum atomic E-state index is 12.2. The zero-order valence-corrected chi connectivity index (χ0v) is 12.0. The van der Waals surface area contributed by atoms with Crippen LogP contribution in [0.15, 0.2) is 29.2 Å². The zero-order valence-electron chi connectivity index (χ0n) is 11.2. The standard InChI is InChI=1S/C13H17F3N2OS/c1-8(9(2)17)12(19)18-10-5-3-4-6-11(10)20-7-13(14,15)16/h3-6,8-9H,7,17H2,1-2H3,(H,18,19). The molecule has 7 heteroatoms. The molecule has 1 rings (SSSR count). The number of rotatable bonds is 5. The minimum atomic E-state index is -4.25. The third-order valence-electron chi connectivity index (χ3n) is 2.74. The van der Waals surface area contributed by atoms with Crippen LogP contribution < -0.4 is 11.1 Å². The van der Waals surface area contributed by atoms with Crippen molar-refractivity contribution >= 4 is 23.4 Å². The first-order valence-corrected chi connectivity index (χ1v) is 7.04. The number of alkyl halides is 3. The van der Waals surface area contributed by atoms with E-state index in [0.717, 1.165) is 0 Å². The van der Waals surface area contributed by atoms with Crippen molar-refractivity contribution in [1.82, 2.24) is 0 Å². The second-order valence-electron chi connectivity index (χ2n) is 4.54. The molecule has 0 saturated heterocycles. The maximum Gasteiger partial charge on any atom is 0.398 e. The Kier molecular flexibility index (Phi) is 5.88. The van der Waals surface area contributed by atoms with E-state index in [0.29, 0.717) is 22.3 Å². The summed E-state index contributed by atoms with van der Waals surface area (Å²) in [5.74, 6) is -1.72. The van der Waals surface area contributed by atoms with Crippen LogP contribution in [0.1, 0.15) is 13.8 Å². The van der Waals surface area contributed by atoms with Crippen molar-refractivity contribution in [2.24, 2.45) is 11.7 Å². The minimum Gasteiger partial charge on any atom is -0.327 e. The fourth-order valence-electron chi connectivity index (χ4n) is 1.34. The first-order chi connectivity index (χ1) is 9.20. The normalized spacial score (nSPS) is 14.7. The molecule has 0 spiro atoms. The van der Waals surface area contributed by atoms with Crippen LogP contribution >= 0.6 is 11.8 Å². The van der Waals surface area contributed by atoms with E-state index in [1.54, 1.807) is 38.1 Å². The van der Waals surface area contributed by atoms with Crippen LogP contribution in [0.5, 0.6) is 0 Å². The summed E-state index contributed by atoms with van der Waals surface area (Å²) in [4.78, 5) is 12.3. The summed E-state index contributed by atoms with van der Waals surface area (Å²) in [5.41, 5.74) is 6.00. The molecule has 0 aliphatic rings. The van der Waals surface area contributed by atoms with E-state index in [1.165, 1.54) is 0 Å². The van der Waals surface area contributed by atoms with Gasteiger partial charge >= 0.3 is 6.18 Å².